The molecule has 0 saturated carbocycles. The Bertz CT molecular complexity index is 921. The van der Waals surface area contributed by atoms with E-state index >= 15 is 0 Å². The molecule has 4 nitrogen and oxygen atoms in total. The molecule has 0 fully saturated rings. The minimum Gasteiger partial charge on any atom is -0.494 e. The van der Waals surface area contributed by atoms with Gasteiger partial charge in [-0.25, -0.2) is 9.07 Å². The highest BCUT2D eigenvalue weighted by atomic mass is 35.5. The van der Waals surface area contributed by atoms with Crippen LogP contribution in [0.15, 0.2) is 42.5 Å². The number of hydrogen-bond donors (Lipinski definition) is 1. The Labute approximate surface area is 150 Å². The van der Waals surface area contributed by atoms with Gasteiger partial charge in [0.05, 0.1) is 12.8 Å². The molecule has 0 aliphatic carbocycles. The van der Waals surface area contributed by atoms with Crippen LogP contribution in [0.4, 0.5) is 10.2 Å². The fourth-order valence-corrected chi connectivity index (χ4v) is 3.35. The lowest BCUT2D eigenvalue weighted by Crippen LogP contribution is -2.06. The molecule has 1 aliphatic rings. The molecule has 25 heavy (non-hydrogen) atoms. The Balaban J connectivity index is 1.78. The molecule has 0 spiro atoms. The van der Waals surface area contributed by atoms with Gasteiger partial charge in [0.15, 0.2) is 0 Å². The van der Waals surface area contributed by atoms with Crippen molar-refractivity contribution in [2.24, 2.45) is 0 Å². The fraction of sp³-hybridized carbons (Fsp3) is 0.211. The predicted octanol–water partition coefficient (Wildman–Crippen LogP) is 4.23. The standard InChI is InChI=1S/C19H17ClFN3O/c1-25-18-7-4-13(20)11-17(18)24-19-15(8-9-22-19)16(23-24)10-12-2-5-14(21)6-3-12/h2-7,11,22H,8-10H2,1H3. The lowest BCUT2D eigenvalue weighted by molar-refractivity contribution is 0.412. The van der Waals surface area contributed by atoms with Crippen LogP contribution in [0.3, 0.4) is 0 Å². The summed E-state index contributed by atoms with van der Waals surface area (Å²) < 4.78 is 20.5. The van der Waals surface area contributed by atoms with E-state index in [1.165, 1.54) is 17.7 Å². The first kappa shape index (κ1) is 16.0. The minimum atomic E-state index is -0.232. The SMILES string of the molecule is COc1ccc(Cl)cc1-n1nc(Cc2ccc(F)cc2)c2c1NCC2. The summed E-state index contributed by atoms with van der Waals surface area (Å²) in [4.78, 5) is 0. The van der Waals surface area contributed by atoms with Crippen molar-refractivity contribution in [3.8, 4) is 11.4 Å². The zero-order valence-electron chi connectivity index (χ0n) is 13.7. The molecule has 0 saturated heterocycles. The third kappa shape index (κ3) is 2.96. The van der Waals surface area contributed by atoms with Gasteiger partial charge in [-0.05, 0) is 42.3 Å². The molecule has 0 atom stereocenters. The maximum absolute atomic E-state index is 13.1. The number of methoxy groups -OCH3 is 1. The van der Waals surface area contributed by atoms with Crippen molar-refractivity contribution in [1.82, 2.24) is 9.78 Å². The van der Waals surface area contributed by atoms with Crippen molar-refractivity contribution in [3.63, 3.8) is 0 Å². The first-order valence-corrected chi connectivity index (χ1v) is 8.46. The average Bonchev–Trinajstić information content (AvgIpc) is 3.21. The third-order valence-corrected chi connectivity index (χ3v) is 4.62. The van der Waals surface area contributed by atoms with Crippen LogP contribution in [-0.4, -0.2) is 23.4 Å². The average molecular weight is 358 g/mol. The van der Waals surface area contributed by atoms with Gasteiger partial charge in [-0.3, -0.25) is 0 Å². The van der Waals surface area contributed by atoms with Crippen molar-refractivity contribution in [3.05, 3.63) is 70.1 Å². The Hall–Kier alpha value is -2.53. The van der Waals surface area contributed by atoms with Gasteiger partial charge in [-0.15, -0.1) is 0 Å². The number of nitrogens with one attached hydrogen (secondary N) is 1. The highest BCUT2D eigenvalue weighted by Gasteiger charge is 2.24. The first-order valence-electron chi connectivity index (χ1n) is 8.08. The maximum Gasteiger partial charge on any atom is 0.144 e. The molecule has 3 aromatic rings. The van der Waals surface area contributed by atoms with E-state index in [1.54, 1.807) is 25.3 Å². The summed E-state index contributed by atoms with van der Waals surface area (Å²) in [6.07, 6.45) is 1.56. The van der Waals surface area contributed by atoms with E-state index in [1.807, 2.05) is 16.8 Å². The molecule has 128 valence electrons. The molecule has 0 radical (unpaired) electrons. The number of ether oxygens (including phenoxy) is 1. The fourth-order valence-electron chi connectivity index (χ4n) is 3.19. The molecule has 4 rings (SSSR count). The second kappa shape index (κ2) is 6.41. The number of benzene rings is 2. The van der Waals surface area contributed by atoms with E-state index in [-0.39, 0.29) is 5.82 Å². The maximum atomic E-state index is 13.1. The van der Waals surface area contributed by atoms with E-state index in [0.717, 1.165) is 35.7 Å². The largest absolute Gasteiger partial charge is 0.494 e. The number of fused-ring (bicyclic) bond motifs is 1. The second-order valence-electron chi connectivity index (χ2n) is 5.98. The van der Waals surface area contributed by atoms with Crippen LogP contribution in [0.5, 0.6) is 5.75 Å². The van der Waals surface area contributed by atoms with Crippen LogP contribution in [0.25, 0.3) is 5.69 Å². The van der Waals surface area contributed by atoms with E-state index < -0.39 is 0 Å². The highest BCUT2D eigenvalue weighted by molar-refractivity contribution is 6.30. The zero-order chi connectivity index (χ0) is 17.4. The number of aromatic nitrogens is 2. The van der Waals surface area contributed by atoms with Gasteiger partial charge in [-0.2, -0.15) is 5.10 Å². The van der Waals surface area contributed by atoms with Gasteiger partial charge in [-0.1, -0.05) is 23.7 Å². The third-order valence-electron chi connectivity index (χ3n) is 4.39. The van der Waals surface area contributed by atoms with Crippen molar-refractivity contribution in [2.45, 2.75) is 12.8 Å². The van der Waals surface area contributed by atoms with E-state index in [4.69, 9.17) is 21.4 Å². The first-order chi connectivity index (χ1) is 12.2. The number of hydrogen-bond acceptors (Lipinski definition) is 3. The smallest absolute Gasteiger partial charge is 0.144 e. The van der Waals surface area contributed by atoms with E-state index in [0.29, 0.717) is 17.2 Å². The molecule has 1 N–H and O–H groups in total. The quantitative estimate of drug-likeness (QED) is 0.759. The number of anilines is 1. The summed E-state index contributed by atoms with van der Waals surface area (Å²) in [6.45, 7) is 0.868. The van der Waals surface area contributed by atoms with E-state index in [9.17, 15) is 4.39 Å². The van der Waals surface area contributed by atoms with Crippen LogP contribution in [0.1, 0.15) is 16.8 Å². The monoisotopic (exact) mass is 357 g/mol. The summed E-state index contributed by atoms with van der Waals surface area (Å²) in [5, 5.41) is 8.81. The lowest BCUT2D eigenvalue weighted by Gasteiger charge is -2.11. The van der Waals surface area contributed by atoms with Crippen LogP contribution in [0.2, 0.25) is 5.02 Å². The molecular weight excluding hydrogens is 341 g/mol. The Kier molecular flexibility index (Phi) is 4.09. The molecule has 2 aromatic carbocycles. The van der Waals surface area contributed by atoms with Crippen LogP contribution in [-0.2, 0) is 12.8 Å². The van der Waals surface area contributed by atoms with Gasteiger partial charge in [0.1, 0.15) is 23.1 Å². The molecule has 2 heterocycles. The lowest BCUT2D eigenvalue weighted by atomic mass is 10.1. The van der Waals surface area contributed by atoms with Crippen molar-refractivity contribution >= 4 is 17.4 Å². The summed E-state index contributed by atoms with van der Waals surface area (Å²) >= 11 is 6.17. The topological polar surface area (TPSA) is 39.1 Å². The zero-order valence-corrected chi connectivity index (χ0v) is 14.5. The normalized spacial score (nSPS) is 12.8. The summed E-state index contributed by atoms with van der Waals surface area (Å²) in [5.74, 6) is 1.44. The Morgan fingerprint density at radius 1 is 1.24 bits per heavy atom. The van der Waals surface area contributed by atoms with Gasteiger partial charge >= 0.3 is 0 Å². The summed E-state index contributed by atoms with van der Waals surface area (Å²) in [6, 6.07) is 12.0. The number of rotatable bonds is 4. The summed E-state index contributed by atoms with van der Waals surface area (Å²) in [5.41, 5.74) is 3.99. The predicted molar refractivity (Wildman–Crippen MR) is 96.5 cm³/mol. The molecule has 1 aliphatic heterocycles. The van der Waals surface area contributed by atoms with Crippen molar-refractivity contribution < 1.29 is 9.13 Å². The highest BCUT2D eigenvalue weighted by Crippen LogP contribution is 2.34. The van der Waals surface area contributed by atoms with Crippen LogP contribution < -0.4 is 10.1 Å². The summed E-state index contributed by atoms with van der Waals surface area (Å²) in [7, 11) is 1.63. The van der Waals surface area contributed by atoms with Gasteiger partial charge in [0.2, 0.25) is 0 Å². The molecule has 0 unspecified atom stereocenters. The number of halogens is 2. The Morgan fingerprint density at radius 2 is 2.04 bits per heavy atom. The van der Waals surface area contributed by atoms with Crippen molar-refractivity contribution in [2.75, 3.05) is 19.0 Å². The molecule has 6 heteroatoms. The Morgan fingerprint density at radius 3 is 2.80 bits per heavy atom. The van der Waals surface area contributed by atoms with Crippen molar-refractivity contribution in [1.29, 1.82) is 0 Å². The molecular formula is C19H17ClFN3O. The van der Waals surface area contributed by atoms with Crippen LogP contribution >= 0.6 is 11.6 Å². The van der Waals surface area contributed by atoms with Crippen LogP contribution in [0, 0.1) is 5.82 Å². The molecule has 0 amide bonds. The molecule has 1 aromatic heterocycles. The minimum absolute atomic E-state index is 0.232. The molecule has 0 bridgehead atoms. The van der Waals surface area contributed by atoms with Gasteiger partial charge in [0, 0.05) is 23.6 Å². The van der Waals surface area contributed by atoms with Gasteiger partial charge in [0.25, 0.3) is 0 Å². The van der Waals surface area contributed by atoms with E-state index in [2.05, 4.69) is 5.32 Å². The number of nitrogens with zero attached hydrogens (tertiary/aromatic N) is 2. The van der Waals surface area contributed by atoms with Gasteiger partial charge < -0.3 is 10.1 Å². The second-order valence-corrected chi connectivity index (χ2v) is 6.42.